The van der Waals surface area contributed by atoms with E-state index in [9.17, 15) is 9.59 Å². The highest BCUT2D eigenvalue weighted by molar-refractivity contribution is 6.26. The monoisotopic (exact) mass is 400 g/mol. The summed E-state index contributed by atoms with van der Waals surface area (Å²) in [5.74, 6) is 0.00942. The van der Waals surface area contributed by atoms with Gasteiger partial charge in [0.2, 0.25) is 0 Å². The Hall–Kier alpha value is -2.43. The van der Waals surface area contributed by atoms with Gasteiger partial charge in [-0.2, -0.15) is 0 Å². The van der Waals surface area contributed by atoms with E-state index in [4.69, 9.17) is 0 Å². The van der Waals surface area contributed by atoms with E-state index >= 15 is 0 Å². The lowest BCUT2D eigenvalue weighted by Crippen LogP contribution is -3.00. The number of carbonyl (C=O) groups excluding carboxylic acids is 1. The fraction of sp³-hybridized carbons (Fsp3) is 0.304. The van der Waals surface area contributed by atoms with Crippen LogP contribution in [0.5, 0.6) is 0 Å². The second-order valence-electron chi connectivity index (χ2n) is 5.81. The zero-order chi connectivity index (χ0) is 20.0. The van der Waals surface area contributed by atoms with E-state index in [0.29, 0.717) is 23.1 Å². The minimum absolute atomic E-state index is 0. The molecule has 2 aromatic carbocycles. The molecule has 0 saturated carbocycles. The number of nitrogens with zero attached hydrogens (tertiary/aromatic N) is 1. The summed E-state index contributed by atoms with van der Waals surface area (Å²) >= 11 is 0. The van der Waals surface area contributed by atoms with Gasteiger partial charge in [0.1, 0.15) is 0 Å². The lowest BCUT2D eigenvalue weighted by atomic mass is 10.0. The van der Waals surface area contributed by atoms with Gasteiger partial charge >= 0.3 is 0 Å². The average molecular weight is 401 g/mol. The molecule has 1 aliphatic rings. The van der Waals surface area contributed by atoms with Gasteiger partial charge in [-0.05, 0) is 6.07 Å². The summed E-state index contributed by atoms with van der Waals surface area (Å²) in [5.41, 5.74) is 6.80. The number of quaternary nitrogens is 1. The van der Waals surface area contributed by atoms with Crippen molar-refractivity contribution in [3.8, 4) is 11.3 Å². The van der Waals surface area contributed by atoms with Crippen molar-refractivity contribution in [3.05, 3.63) is 70.0 Å². The smallest absolute Gasteiger partial charge is 0.258 e. The number of benzene rings is 2. The molecular weight excluding hydrogens is 372 g/mol. The maximum Gasteiger partial charge on any atom is 0.258 e. The molecule has 4 nitrogen and oxygen atoms in total. The van der Waals surface area contributed by atoms with E-state index in [-0.39, 0.29) is 23.7 Å². The molecule has 5 heteroatoms. The Labute approximate surface area is 172 Å². The molecule has 3 N–H and O–H groups in total. The molecule has 1 heterocycles. The molecule has 0 amide bonds. The Morgan fingerprint density at radius 3 is 1.96 bits per heavy atom. The van der Waals surface area contributed by atoms with Crippen molar-refractivity contribution in [2.45, 2.75) is 40.7 Å². The fourth-order valence-corrected chi connectivity index (χ4v) is 3.41. The van der Waals surface area contributed by atoms with Crippen LogP contribution in [-0.4, -0.2) is 16.9 Å². The molecule has 4 rings (SSSR count). The normalized spacial score (nSPS) is 10.7. The molecule has 28 heavy (non-hydrogen) atoms. The second kappa shape index (κ2) is 10.8. The minimum atomic E-state index is -0.0303. The molecule has 0 spiro atoms. The van der Waals surface area contributed by atoms with Crippen LogP contribution in [0.4, 0.5) is 0 Å². The summed E-state index contributed by atoms with van der Waals surface area (Å²) in [4.78, 5) is 25.9. The van der Waals surface area contributed by atoms with E-state index in [0.717, 1.165) is 29.6 Å². The number of halogens is 1. The van der Waals surface area contributed by atoms with Crippen LogP contribution in [-0.2, 0) is 6.54 Å². The number of aromatic nitrogens is 1. The Morgan fingerprint density at radius 1 is 0.821 bits per heavy atom. The number of hydrogen-bond donors (Lipinski definition) is 1. The summed E-state index contributed by atoms with van der Waals surface area (Å²) < 4.78 is 1.76. The Bertz CT molecular complexity index is 1010. The zero-order valence-corrected chi connectivity index (χ0v) is 17.8. The zero-order valence-electron chi connectivity index (χ0n) is 17.1. The van der Waals surface area contributed by atoms with Crippen LogP contribution < -0.4 is 23.7 Å². The third-order valence-electron chi connectivity index (χ3n) is 4.46. The van der Waals surface area contributed by atoms with Gasteiger partial charge in [-0.15, -0.1) is 0 Å². The van der Waals surface area contributed by atoms with Gasteiger partial charge in [-0.1, -0.05) is 70.2 Å². The quantitative estimate of drug-likeness (QED) is 0.555. The number of fused-ring (bicyclic) bond motifs is 5. The van der Waals surface area contributed by atoms with Crippen LogP contribution in [0.2, 0.25) is 0 Å². The van der Waals surface area contributed by atoms with Crippen LogP contribution in [0.3, 0.4) is 0 Å². The van der Waals surface area contributed by atoms with E-state index in [1.54, 1.807) is 10.6 Å². The molecule has 0 radical (unpaired) electrons. The number of ketones is 1. The summed E-state index contributed by atoms with van der Waals surface area (Å²) in [5, 5.41) is 1.36. The Balaban J connectivity index is 0.000000739. The van der Waals surface area contributed by atoms with Crippen LogP contribution in [0, 0.1) is 0 Å². The highest BCUT2D eigenvalue weighted by Gasteiger charge is 2.31. The highest BCUT2D eigenvalue weighted by Crippen LogP contribution is 2.39. The summed E-state index contributed by atoms with van der Waals surface area (Å²) in [7, 11) is 0. The lowest BCUT2D eigenvalue weighted by molar-refractivity contribution is -0.368. The van der Waals surface area contributed by atoms with Crippen molar-refractivity contribution in [1.82, 2.24) is 4.57 Å². The molecule has 1 aliphatic carbocycles. The van der Waals surface area contributed by atoms with Gasteiger partial charge in [-0.25, -0.2) is 0 Å². The topological polar surface area (TPSA) is 66.7 Å². The van der Waals surface area contributed by atoms with Crippen molar-refractivity contribution >= 4 is 16.6 Å². The number of hydrogen-bond acceptors (Lipinski definition) is 2. The van der Waals surface area contributed by atoms with Gasteiger partial charge in [0.25, 0.3) is 5.56 Å². The van der Waals surface area contributed by atoms with Crippen molar-refractivity contribution in [2.75, 3.05) is 6.54 Å². The third kappa shape index (κ3) is 3.89. The van der Waals surface area contributed by atoms with Gasteiger partial charge in [0.05, 0.1) is 17.8 Å². The number of rotatable bonds is 3. The molecule has 1 aromatic heterocycles. The molecule has 0 aliphatic heterocycles. The SMILES string of the molecule is CC.CC.[Cl-].[NH3+]CCCn1c2c(c3ccccc3c1=O)C(=O)c1ccccc1-2. The highest BCUT2D eigenvalue weighted by atomic mass is 35.5. The maximum absolute atomic E-state index is 12.9. The molecule has 0 unspecified atom stereocenters. The van der Waals surface area contributed by atoms with E-state index in [2.05, 4.69) is 5.73 Å². The minimum Gasteiger partial charge on any atom is -1.00 e. The third-order valence-corrected chi connectivity index (χ3v) is 4.46. The standard InChI is InChI=1S/C19H16N2O2.2C2H6.ClH/c20-10-5-11-21-17-13-7-2-3-8-14(13)18(22)16(17)12-6-1-4-9-15(12)19(21)23;2*1-2;/h1-4,6-9H,5,10-11,20H2;2*1-2H3;1H. The van der Waals surface area contributed by atoms with E-state index in [1.807, 2.05) is 70.2 Å². The molecular formula is C23H29ClN2O2. The maximum atomic E-state index is 12.9. The predicted molar refractivity (Wildman–Crippen MR) is 112 cm³/mol. The van der Waals surface area contributed by atoms with Crippen LogP contribution in [0.25, 0.3) is 22.0 Å². The Morgan fingerprint density at radius 2 is 1.36 bits per heavy atom. The van der Waals surface area contributed by atoms with Crippen LogP contribution in [0.15, 0.2) is 53.3 Å². The molecule has 0 fully saturated rings. The molecule has 0 bridgehead atoms. The van der Waals surface area contributed by atoms with E-state index < -0.39 is 0 Å². The van der Waals surface area contributed by atoms with Crippen molar-refractivity contribution in [3.63, 3.8) is 0 Å². The van der Waals surface area contributed by atoms with Gasteiger partial charge in [-0.3, -0.25) is 9.59 Å². The van der Waals surface area contributed by atoms with Gasteiger partial charge in [0, 0.05) is 34.9 Å². The Kier molecular flexibility index (Phi) is 9.10. The molecule has 150 valence electrons. The molecule has 3 aromatic rings. The summed E-state index contributed by atoms with van der Waals surface area (Å²) in [6.07, 6.45) is 0.807. The van der Waals surface area contributed by atoms with Gasteiger partial charge in [0.15, 0.2) is 5.78 Å². The van der Waals surface area contributed by atoms with Crippen LogP contribution >= 0.6 is 0 Å². The summed E-state index contributed by atoms with van der Waals surface area (Å²) in [6, 6.07) is 14.9. The van der Waals surface area contributed by atoms with Crippen LogP contribution in [0.1, 0.15) is 50.0 Å². The first kappa shape index (κ1) is 23.6. The molecule has 0 atom stereocenters. The number of carbonyl (C=O) groups is 1. The lowest BCUT2D eigenvalue weighted by Gasteiger charge is -2.14. The predicted octanol–water partition coefficient (Wildman–Crippen LogP) is 0.901. The first-order valence-corrected chi connectivity index (χ1v) is 9.83. The van der Waals surface area contributed by atoms with Crippen molar-refractivity contribution in [2.24, 2.45) is 0 Å². The fourth-order valence-electron chi connectivity index (χ4n) is 3.41. The largest absolute Gasteiger partial charge is 1.00 e. The van der Waals surface area contributed by atoms with Gasteiger partial charge < -0.3 is 22.7 Å². The van der Waals surface area contributed by atoms with Crippen molar-refractivity contribution < 1.29 is 22.9 Å². The summed E-state index contributed by atoms with van der Waals surface area (Å²) in [6.45, 7) is 9.33. The first-order valence-electron chi connectivity index (χ1n) is 9.83. The second-order valence-corrected chi connectivity index (χ2v) is 5.81. The first-order chi connectivity index (χ1) is 13.2. The average Bonchev–Trinajstić information content (AvgIpc) is 3.04. The van der Waals surface area contributed by atoms with E-state index in [1.165, 1.54) is 0 Å². The number of pyridine rings is 1. The molecule has 0 saturated heterocycles. The van der Waals surface area contributed by atoms with Crippen molar-refractivity contribution in [1.29, 1.82) is 0 Å².